The summed E-state index contributed by atoms with van der Waals surface area (Å²) in [7, 11) is 0. The van der Waals surface area contributed by atoms with Gasteiger partial charge in [0.1, 0.15) is 0 Å². The van der Waals surface area contributed by atoms with Gasteiger partial charge in [-0.3, -0.25) is 19.3 Å². The van der Waals surface area contributed by atoms with Gasteiger partial charge in [0.2, 0.25) is 11.8 Å². The van der Waals surface area contributed by atoms with Gasteiger partial charge >= 0.3 is 5.97 Å². The number of carbonyl (C=O) groups excluding carboxylic acids is 2. The molecule has 0 unspecified atom stereocenters. The quantitative estimate of drug-likeness (QED) is 0.803. The van der Waals surface area contributed by atoms with Crippen molar-refractivity contribution in [2.75, 3.05) is 6.54 Å². The molecule has 1 heterocycles. The molecule has 0 aromatic carbocycles. The predicted molar refractivity (Wildman–Crippen MR) is 73.0 cm³/mol. The van der Waals surface area contributed by atoms with E-state index in [1.165, 1.54) is 4.90 Å². The van der Waals surface area contributed by atoms with Crippen molar-refractivity contribution in [3.8, 4) is 0 Å². The molecule has 2 fully saturated rings. The van der Waals surface area contributed by atoms with Crippen LogP contribution in [0.4, 0.5) is 0 Å². The lowest BCUT2D eigenvalue weighted by molar-refractivity contribution is -0.150. The molecule has 112 valence electrons. The van der Waals surface area contributed by atoms with E-state index in [4.69, 9.17) is 5.11 Å². The van der Waals surface area contributed by atoms with Crippen LogP contribution in [0.5, 0.6) is 0 Å². The minimum Gasteiger partial charge on any atom is -0.481 e. The predicted octanol–water partition coefficient (Wildman–Crippen LogP) is 2.34. The van der Waals surface area contributed by atoms with Gasteiger partial charge in [-0.2, -0.15) is 0 Å². The van der Waals surface area contributed by atoms with Crippen LogP contribution in [0.1, 0.15) is 64.2 Å². The van der Waals surface area contributed by atoms with E-state index in [0.29, 0.717) is 19.4 Å². The number of hydrogen-bond donors (Lipinski definition) is 1. The van der Waals surface area contributed by atoms with Crippen molar-refractivity contribution in [1.29, 1.82) is 0 Å². The second-order valence-corrected chi connectivity index (χ2v) is 6.21. The molecule has 0 radical (unpaired) electrons. The summed E-state index contributed by atoms with van der Waals surface area (Å²) < 4.78 is 0. The fourth-order valence-corrected chi connectivity index (χ4v) is 3.49. The molecular formula is C15H23NO4. The van der Waals surface area contributed by atoms with Crippen molar-refractivity contribution in [3.63, 3.8) is 0 Å². The third kappa shape index (κ3) is 3.58. The smallest absolute Gasteiger partial charge is 0.303 e. The summed E-state index contributed by atoms with van der Waals surface area (Å²) in [6.07, 6.45) is 7.09. The number of likely N-dealkylation sites (tertiary alicyclic amines) is 1. The summed E-state index contributed by atoms with van der Waals surface area (Å²) in [6, 6.07) is 0. The van der Waals surface area contributed by atoms with Crippen LogP contribution in [0.15, 0.2) is 0 Å². The van der Waals surface area contributed by atoms with Crippen molar-refractivity contribution in [1.82, 2.24) is 4.90 Å². The SMILES string of the molecule is O=C(O)CC1(CN2C(=O)CCCCC2=O)CCCCC1. The molecule has 0 bridgehead atoms. The molecule has 5 heteroatoms. The van der Waals surface area contributed by atoms with E-state index in [-0.39, 0.29) is 18.2 Å². The molecule has 1 aliphatic heterocycles. The van der Waals surface area contributed by atoms with E-state index in [9.17, 15) is 14.4 Å². The van der Waals surface area contributed by atoms with Gasteiger partial charge in [-0.25, -0.2) is 0 Å². The molecule has 1 saturated carbocycles. The van der Waals surface area contributed by atoms with Crippen LogP contribution in [0.25, 0.3) is 0 Å². The Kier molecular flexibility index (Phi) is 4.78. The summed E-state index contributed by atoms with van der Waals surface area (Å²) in [6.45, 7) is 0.303. The van der Waals surface area contributed by atoms with E-state index in [1.807, 2.05) is 0 Å². The molecule has 1 N–H and O–H groups in total. The number of nitrogens with zero attached hydrogens (tertiary/aromatic N) is 1. The normalized spacial score (nSPS) is 23.5. The van der Waals surface area contributed by atoms with Gasteiger partial charge in [0, 0.05) is 19.4 Å². The molecular weight excluding hydrogens is 258 g/mol. The number of carbonyl (C=O) groups is 3. The van der Waals surface area contributed by atoms with Crippen LogP contribution in [0, 0.1) is 5.41 Å². The summed E-state index contributed by atoms with van der Waals surface area (Å²) >= 11 is 0. The van der Waals surface area contributed by atoms with Crippen LogP contribution in [-0.4, -0.2) is 34.3 Å². The third-order valence-corrected chi connectivity index (χ3v) is 4.57. The highest BCUT2D eigenvalue weighted by molar-refractivity contribution is 5.96. The lowest BCUT2D eigenvalue weighted by atomic mass is 9.71. The van der Waals surface area contributed by atoms with E-state index in [2.05, 4.69) is 0 Å². The zero-order chi connectivity index (χ0) is 14.6. The van der Waals surface area contributed by atoms with Gasteiger partial charge < -0.3 is 5.11 Å². The fourth-order valence-electron chi connectivity index (χ4n) is 3.49. The lowest BCUT2D eigenvalue weighted by Crippen LogP contribution is -2.45. The number of carboxylic acid groups (broad SMARTS) is 1. The first-order valence-corrected chi connectivity index (χ1v) is 7.57. The van der Waals surface area contributed by atoms with Crippen molar-refractivity contribution in [2.45, 2.75) is 64.2 Å². The number of aliphatic carboxylic acids is 1. The molecule has 2 aliphatic rings. The largest absolute Gasteiger partial charge is 0.481 e. The van der Waals surface area contributed by atoms with E-state index in [1.54, 1.807) is 0 Å². The van der Waals surface area contributed by atoms with Gasteiger partial charge in [-0.05, 0) is 31.1 Å². The highest BCUT2D eigenvalue weighted by Gasteiger charge is 2.39. The number of rotatable bonds is 4. The Morgan fingerprint density at radius 2 is 1.55 bits per heavy atom. The standard InChI is InChI=1S/C15H23NO4/c17-12-6-2-3-7-13(18)16(12)11-15(10-14(19)20)8-4-1-5-9-15/h1-11H2,(H,19,20). The molecule has 2 amide bonds. The number of imide groups is 1. The minimum atomic E-state index is -0.832. The molecule has 0 aromatic rings. The molecule has 5 nitrogen and oxygen atoms in total. The van der Waals surface area contributed by atoms with Crippen molar-refractivity contribution in [2.24, 2.45) is 5.41 Å². The zero-order valence-electron chi connectivity index (χ0n) is 11.9. The van der Waals surface area contributed by atoms with Crippen molar-refractivity contribution >= 4 is 17.8 Å². The number of carboxylic acids is 1. The van der Waals surface area contributed by atoms with Gasteiger partial charge in [-0.1, -0.05) is 19.3 Å². The maximum atomic E-state index is 12.1. The molecule has 0 atom stereocenters. The van der Waals surface area contributed by atoms with Crippen molar-refractivity contribution < 1.29 is 19.5 Å². The second kappa shape index (κ2) is 6.37. The molecule has 0 aromatic heterocycles. The van der Waals surface area contributed by atoms with Crippen LogP contribution in [0.3, 0.4) is 0 Å². The Labute approximate surface area is 119 Å². The molecule has 20 heavy (non-hydrogen) atoms. The van der Waals surface area contributed by atoms with Crippen LogP contribution < -0.4 is 0 Å². The highest BCUT2D eigenvalue weighted by atomic mass is 16.4. The van der Waals surface area contributed by atoms with E-state index in [0.717, 1.165) is 44.9 Å². The molecule has 0 spiro atoms. The highest BCUT2D eigenvalue weighted by Crippen LogP contribution is 2.40. The number of hydrogen-bond acceptors (Lipinski definition) is 3. The third-order valence-electron chi connectivity index (χ3n) is 4.57. The Morgan fingerprint density at radius 3 is 2.05 bits per heavy atom. The van der Waals surface area contributed by atoms with Gasteiger partial charge in [0.05, 0.1) is 6.42 Å². The van der Waals surface area contributed by atoms with E-state index >= 15 is 0 Å². The summed E-state index contributed by atoms with van der Waals surface area (Å²) in [5, 5.41) is 9.16. The monoisotopic (exact) mass is 281 g/mol. The molecule has 1 saturated heterocycles. The second-order valence-electron chi connectivity index (χ2n) is 6.21. The van der Waals surface area contributed by atoms with Gasteiger partial charge in [0.25, 0.3) is 0 Å². The molecule has 2 rings (SSSR count). The van der Waals surface area contributed by atoms with Crippen LogP contribution >= 0.6 is 0 Å². The van der Waals surface area contributed by atoms with E-state index < -0.39 is 11.4 Å². The van der Waals surface area contributed by atoms with Crippen LogP contribution in [0.2, 0.25) is 0 Å². The minimum absolute atomic E-state index is 0.0596. The summed E-state index contributed by atoms with van der Waals surface area (Å²) in [5.74, 6) is -1.08. The summed E-state index contributed by atoms with van der Waals surface area (Å²) in [4.78, 5) is 36.7. The Balaban J connectivity index is 2.14. The van der Waals surface area contributed by atoms with Gasteiger partial charge in [-0.15, -0.1) is 0 Å². The molecule has 1 aliphatic carbocycles. The Morgan fingerprint density at radius 1 is 1.00 bits per heavy atom. The van der Waals surface area contributed by atoms with Gasteiger partial charge in [0.15, 0.2) is 0 Å². The first-order valence-electron chi connectivity index (χ1n) is 7.57. The fraction of sp³-hybridized carbons (Fsp3) is 0.800. The summed E-state index contributed by atoms with van der Waals surface area (Å²) in [5.41, 5.74) is -0.403. The van der Waals surface area contributed by atoms with Crippen molar-refractivity contribution in [3.05, 3.63) is 0 Å². The Bertz CT molecular complexity index is 381. The first-order chi connectivity index (χ1) is 9.52. The maximum absolute atomic E-state index is 12.1. The zero-order valence-corrected chi connectivity index (χ0v) is 11.9. The average molecular weight is 281 g/mol. The first kappa shape index (κ1) is 15.0. The average Bonchev–Trinajstić information content (AvgIpc) is 2.54. The van der Waals surface area contributed by atoms with Crippen LogP contribution in [-0.2, 0) is 14.4 Å². The lowest BCUT2D eigenvalue weighted by Gasteiger charge is -2.39. The topological polar surface area (TPSA) is 74.7 Å². The number of amides is 2. The maximum Gasteiger partial charge on any atom is 0.303 e. The Hall–Kier alpha value is -1.39.